The van der Waals surface area contributed by atoms with Gasteiger partial charge in [-0.3, -0.25) is 19.1 Å². The molecule has 0 spiro atoms. The third-order valence-corrected chi connectivity index (χ3v) is 11.5. The van der Waals surface area contributed by atoms with Crippen molar-refractivity contribution in [3.05, 3.63) is 72.3 Å². The molecule has 1 saturated heterocycles. The molecule has 0 radical (unpaired) electrons. The van der Waals surface area contributed by atoms with Crippen LogP contribution in [0.1, 0.15) is 71.4 Å². The van der Waals surface area contributed by atoms with Gasteiger partial charge in [0.2, 0.25) is 21.8 Å². The van der Waals surface area contributed by atoms with E-state index in [2.05, 4.69) is 27.3 Å². The van der Waals surface area contributed by atoms with Crippen LogP contribution in [0.15, 0.2) is 66.3 Å². The first-order valence-corrected chi connectivity index (χ1v) is 19.0. The van der Waals surface area contributed by atoms with Gasteiger partial charge in [0.25, 0.3) is 5.91 Å². The predicted octanol–water partition coefficient (Wildman–Crippen LogP) is 3.56. The topological polar surface area (TPSA) is 182 Å². The van der Waals surface area contributed by atoms with E-state index < -0.39 is 80.3 Å². The van der Waals surface area contributed by atoms with Crippen LogP contribution in [-0.2, 0) is 38.8 Å². The number of ether oxygens (including phenoxy) is 1. The van der Waals surface area contributed by atoms with Crippen LogP contribution in [0.25, 0.3) is 11.1 Å². The number of amides is 3. The summed E-state index contributed by atoms with van der Waals surface area (Å²) in [5.41, 5.74) is 4.51. The number of hydrogen-bond donors (Lipinski definition) is 3. The minimum Gasteiger partial charge on any atom is -0.427 e. The number of hydroxylamine groups is 1. The van der Waals surface area contributed by atoms with Gasteiger partial charge in [-0.2, -0.15) is 0 Å². The Bertz CT molecular complexity index is 1870. The van der Waals surface area contributed by atoms with Crippen molar-refractivity contribution in [1.82, 2.24) is 20.4 Å². The average Bonchev–Trinajstić information content (AvgIpc) is 3.99. The molecule has 2 aromatic carbocycles. The molecule has 2 saturated carbocycles. The molecular formula is C37H45N5O9S. The lowest BCUT2D eigenvalue weighted by molar-refractivity contribution is -0.145. The molecular weight excluding hydrogens is 691 g/mol. The van der Waals surface area contributed by atoms with Crippen molar-refractivity contribution in [1.29, 1.82) is 0 Å². The highest BCUT2D eigenvalue weighted by molar-refractivity contribution is 7.91. The van der Waals surface area contributed by atoms with Crippen LogP contribution in [-0.4, -0.2) is 84.0 Å². The van der Waals surface area contributed by atoms with Gasteiger partial charge in [0.15, 0.2) is 0 Å². The summed E-state index contributed by atoms with van der Waals surface area (Å²) < 4.78 is 32.7. The van der Waals surface area contributed by atoms with Crippen LogP contribution in [0.4, 0.5) is 4.79 Å². The average molecular weight is 736 g/mol. The van der Waals surface area contributed by atoms with Gasteiger partial charge in [-0.25, -0.2) is 13.2 Å². The third kappa shape index (κ3) is 7.56. The zero-order chi connectivity index (χ0) is 37.6. The number of hydrogen-bond acceptors (Lipinski definition) is 11. The Morgan fingerprint density at radius 2 is 1.60 bits per heavy atom. The molecule has 3 amide bonds. The normalized spacial score (nSPS) is 23.9. The lowest BCUT2D eigenvalue weighted by Gasteiger charge is -2.31. The Labute approximate surface area is 303 Å². The monoisotopic (exact) mass is 735 g/mol. The molecule has 3 N–H and O–H groups in total. The predicted molar refractivity (Wildman–Crippen MR) is 191 cm³/mol. The van der Waals surface area contributed by atoms with Gasteiger partial charge in [0, 0.05) is 23.5 Å². The summed E-state index contributed by atoms with van der Waals surface area (Å²) in [7, 11) is -3.90. The van der Waals surface area contributed by atoms with Crippen LogP contribution in [0.3, 0.4) is 0 Å². The highest BCUT2D eigenvalue weighted by Gasteiger charge is 2.62. The summed E-state index contributed by atoms with van der Waals surface area (Å²) in [6.07, 6.45) is 0.769. The molecule has 278 valence electrons. The Morgan fingerprint density at radius 3 is 2.12 bits per heavy atom. The summed E-state index contributed by atoms with van der Waals surface area (Å²) in [4.78, 5) is 66.7. The number of carbonyl (C=O) groups excluding carboxylic acids is 4. The number of rotatable bonds is 12. The van der Waals surface area contributed by atoms with Gasteiger partial charge in [-0.1, -0.05) is 73.6 Å². The van der Waals surface area contributed by atoms with Crippen LogP contribution < -0.4 is 15.5 Å². The first-order chi connectivity index (χ1) is 24.5. The van der Waals surface area contributed by atoms with Gasteiger partial charge >= 0.3 is 6.16 Å². The van der Waals surface area contributed by atoms with Crippen molar-refractivity contribution >= 4 is 39.6 Å². The Morgan fingerprint density at radius 1 is 1.00 bits per heavy atom. The number of sulfonamides is 1. The summed E-state index contributed by atoms with van der Waals surface area (Å²) in [6, 6.07) is 13.4. The van der Waals surface area contributed by atoms with E-state index in [1.807, 2.05) is 48.5 Å². The second kappa shape index (κ2) is 14.0. The highest BCUT2D eigenvalue weighted by atomic mass is 32.2. The second-order valence-corrected chi connectivity index (χ2v) is 17.0. The first kappa shape index (κ1) is 37.0. The van der Waals surface area contributed by atoms with Gasteiger partial charge in [0.1, 0.15) is 35.0 Å². The maximum atomic E-state index is 14.2. The van der Waals surface area contributed by atoms with Crippen LogP contribution in [0.2, 0.25) is 0 Å². The quantitative estimate of drug-likeness (QED) is 0.141. The molecule has 0 aromatic heterocycles. The van der Waals surface area contributed by atoms with Gasteiger partial charge in [-0.15, -0.1) is 12.1 Å². The lowest BCUT2D eigenvalue weighted by Crippen LogP contribution is -2.58. The Kier molecular flexibility index (Phi) is 9.96. The van der Waals surface area contributed by atoms with E-state index in [-0.39, 0.29) is 19.4 Å². The van der Waals surface area contributed by atoms with Crippen molar-refractivity contribution in [3.8, 4) is 11.1 Å². The molecule has 1 heterocycles. The van der Waals surface area contributed by atoms with E-state index in [9.17, 15) is 27.6 Å². The fourth-order valence-electron chi connectivity index (χ4n) is 6.64. The molecule has 0 unspecified atom stereocenters. The number of likely N-dealkylation sites (tertiary alicyclic amines) is 1. The maximum absolute atomic E-state index is 14.2. The maximum Gasteiger partial charge on any atom is 0.528 e. The van der Waals surface area contributed by atoms with Gasteiger partial charge < -0.3 is 24.6 Å². The highest BCUT2D eigenvalue weighted by Crippen LogP contribution is 2.45. The molecule has 14 nitrogen and oxygen atoms in total. The fourth-order valence-corrected chi connectivity index (χ4v) is 8.00. The van der Waals surface area contributed by atoms with E-state index in [1.54, 1.807) is 34.6 Å². The molecule has 4 aliphatic rings. The molecule has 3 aliphatic carbocycles. The number of fused-ring (bicyclic) bond motifs is 3. The van der Waals surface area contributed by atoms with Crippen LogP contribution in [0, 0.1) is 11.8 Å². The molecule has 0 bridgehead atoms. The van der Waals surface area contributed by atoms with E-state index in [0.29, 0.717) is 18.6 Å². The summed E-state index contributed by atoms with van der Waals surface area (Å²) in [5.74, 6) is -3.03. The zero-order valence-corrected chi connectivity index (χ0v) is 30.7. The van der Waals surface area contributed by atoms with Crippen molar-refractivity contribution < 1.29 is 42.0 Å². The largest absolute Gasteiger partial charge is 0.528 e. The van der Waals surface area contributed by atoms with E-state index in [0.717, 1.165) is 22.3 Å². The molecule has 2 aromatic rings. The molecule has 1 aliphatic heterocycles. The van der Waals surface area contributed by atoms with Crippen molar-refractivity contribution in [2.45, 2.75) is 94.9 Å². The molecule has 3 fully saturated rings. The minimum absolute atomic E-state index is 0.00616. The first-order valence-electron chi connectivity index (χ1n) is 17.4. The van der Waals surface area contributed by atoms with Gasteiger partial charge in [-0.05, 0) is 57.1 Å². The summed E-state index contributed by atoms with van der Waals surface area (Å²) in [6.45, 7) is 12.2. The molecule has 5 atom stereocenters. The minimum atomic E-state index is -3.90. The number of carbonyl (C=O) groups is 4. The van der Waals surface area contributed by atoms with Crippen molar-refractivity contribution in [2.24, 2.45) is 17.0 Å². The van der Waals surface area contributed by atoms with E-state index >= 15 is 0 Å². The number of nitrogens with one attached hydrogen (secondary N) is 3. The fraction of sp³-hybridized carbons (Fsp3) is 0.486. The van der Waals surface area contributed by atoms with Crippen LogP contribution in [0.5, 0.6) is 0 Å². The Hall–Kier alpha value is -4.76. The molecule has 6 rings (SSSR count). The van der Waals surface area contributed by atoms with E-state index in [1.165, 1.54) is 11.0 Å². The van der Waals surface area contributed by atoms with Gasteiger partial charge in [0.05, 0.1) is 11.8 Å². The SMILES string of the molecule is C=C[C@@H]1C[C@]1(NC(=O)[C@@H]1C[C@H](ON=C2c3ccccc3-c3ccccc32)CN1C(=O)[C@@H](NOC(=O)OC(C)(C)C)C(C)C)C(=O)NS(=O)(=O)C1CC1. The summed E-state index contributed by atoms with van der Waals surface area (Å²) >= 11 is 0. The zero-order valence-electron chi connectivity index (χ0n) is 29.9. The number of nitrogens with zero attached hydrogens (tertiary/aromatic N) is 2. The second-order valence-electron chi connectivity index (χ2n) is 15.1. The lowest BCUT2D eigenvalue weighted by atomic mass is 10.0. The molecule has 52 heavy (non-hydrogen) atoms. The summed E-state index contributed by atoms with van der Waals surface area (Å²) in [5, 5.41) is 6.68. The Balaban J connectivity index is 1.25. The number of benzene rings is 2. The third-order valence-electron chi connectivity index (χ3n) is 9.64. The smallest absolute Gasteiger partial charge is 0.427 e. The van der Waals surface area contributed by atoms with Crippen molar-refractivity contribution in [2.75, 3.05) is 6.54 Å². The van der Waals surface area contributed by atoms with Crippen LogP contribution >= 0.6 is 0 Å². The number of oxime groups is 1. The van der Waals surface area contributed by atoms with Crippen molar-refractivity contribution in [3.63, 3.8) is 0 Å². The van der Waals surface area contributed by atoms with E-state index in [4.69, 9.17) is 14.4 Å². The standard InChI is InChI=1S/C37H45N5O9S/c1-7-22-19-37(22,34(45)41-52(47,48)24-16-17-24)38-32(43)29-18-23(20-42(29)33(44)30(21(2)3)39-51-35(46)49-36(4,5)6)50-40-31-27-14-10-8-12-25(27)26-13-9-11-15-28(26)31/h7-15,21-24,29-30,39H,1,16-20H2,2-6H3,(H,38,43)(H,41,45)/t22-,23+,29+,30+,37-/m1/s1. The molecule has 15 heteroatoms.